The Hall–Kier alpha value is -2.81. The van der Waals surface area contributed by atoms with Crippen molar-refractivity contribution in [3.05, 3.63) is 35.7 Å². The Kier molecular flexibility index (Phi) is 1.71. The molecule has 2 N–H and O–H groups in total. The van der Waals surface area contributed by atoms with Crippen LogP contribution < -0.4 is 0 Å². The number of rotatable bonds is 1. The Morgan fingerprint density at radius 2 is 2.35 bits per heavy atom. The topological polar surface area (TPSA) is 94.2 Å². The summed E-state index contributed by atoms with van der Waals surface area (Å²) in [5, 5.41) is 17.7. The number of benzene rings is 1. The van der Waals surface area contributed by atoms with Gasteiger partial charge in [-0.05, 0) is 18.2 Å². The summed E-state index contributed by atoms with van der Waals surface area (Å²) in [7, 11) is 0. The number of nitrogens with one attached hydrogen (secondary N) is 1. The molecule has 2 heterocycles. The van der Waals surface area contributed by atoms with Gasteiger partial charge in [0, 0.05) is 6.20 Å². The molecule has 0 amide bonds. The normalized spacial score (nSPS) is 10.8. The van der Waals surface area contributed by atoms with Gasteiger partial charge in [0.2, 0.25) is 5.78 Å². The number of aromatic nitrogens is 3. The summed E-state index contributed by atoms with van der Waals surface area (Å²) >= 11 is 0. The average Bonchev–Trinajstić information content (AvgIpc) is 2.85. The van der Waals surface area contributed by atoms with E-state index in [4.69, 9.17) is 10.4 Å². The third kappa shape index (κ3) is 1.26. The molecule has 0 spiro atoms. The van der Waals surface area contributed by atoms with Crippen molar-refractivity contribution in [2.24, 2.45) is 0 Å². The molecule has 0 aliphatic heterocycles. The number of hydrogen-bond acceptors (Lipinski definition) is 3. The second-order valence-electron chi connectivity index (χ2n) is 3.59. The van der Waals surface area contributed by atoms with Crippen molar-refractivity contribution in [1.82, 2.24) is 14.4 Å². The van der Waals surface area contributed by atoms with Crippen LogP contribution in [0.25, 0.3) is 16.8 Å². The number of imidazole rings is 2. The van der Waals surface area contributed by atoms with Crippen LogP contribution in [0.1, 0.15) is 16.1 Å². The van der Waals surface area contributed by atoms with Crippen LogP contribution in [-0.2, 0) is 0 Å². The first-order valence-electron chi connectivity index (χ1n) is 4.83. The summed E-state index contributed by atoms with van der Waals surface area (Å²) in [6.45, 7) is 0. The van der Waals surface area contributed by atoms with Crippen LogP contribution in [0.3, 0.4) is 0 Å². The molecular formula is C11H6N4O2. The maximum Gasteiger partial charge on any atom is 0.353 e. The van der Waals surface area contributed by atoms with Crippen LogP contribution in [0, 0.1) is 11.3 Å². The first-order valence-corrected chi connectivity index (χ1v) is 4.83. The van der Waals surface area contributed by atoms with Crippen molar-refractivity contribution in [2.75, 3.05) is 0 Å². The van der Waals surface area contributed by atoms with Crippen molar-refractivity contribution in [2.45, 2.75) is 0 Å². The number of carboxylic acid groups (broad SMARTS) is 1. The molecule has 6 heteroatoms. The van der Waals surface area contributed by atoms with Crippen molar-refractivity contribution >= 4 is 22.8 Å². The zero-order chi connectivity index (χ0) is 12.0. The lowest BCUT2D eigenvalue weighted by Crippen LogP contribution is -1.95. The molecule has 0 radical (unpaired) electrons. The Balaban J connectivity index is 2.38. The minimum Gasteiger partial charge on any atom is -0.477 e. The summed E-state index contributed by atoms with van der Waals surface area (Å²) in [5.74, 6) is -0.590. The third-order valence-electron chi connectivity index (χ3n) is 2.55. The molecule has 2 aromatic heterocycles. The number of fused-ring (bicyclic) bond motifs is 3. The molecule has 1 aromatic carbocycles. The zero-order valence-electron chi connectivity index (χ0n) is 8.51. The van der Waals surface area contributed by atoms with Crippen molar-refractivity contribution in [1.29, 1.82) is 5.26 Å². The van der Waals surface area contributed by atoms with Crippen molar-refractivity contribution in [3.63, 3.8) is 0 Å². The molecule has 0 aliphatic carbocycles. The standard InChI is InChI=1S/C11H6N4O2/c12-4-6-1-2-7-9(3-6)15-5-8(10(16)17)14-11(15)13-7/h1-3,5H,(H,13,14)(H,16,17). The van der Waals surface area contributed by atoms with E-state index < -0.39 is 5.97 Å². The number of aromatic carboxylic acids is 1. The van der Waals surface area contributed by atoms with E-state index in [-0.39, 0.29) is 5.69 Å². The van der Waals surface area contributed by atoms with E-state index in [1.165, 1.54) is 6.20 Å². The lowest BCUT2D eigenvalue weighted by molar-refractivity contribution is 0.0691. The van der Waals surface area contributed by atoms with Gasteiger partial charge in [0.05, 0.1) is 22.7 Å². The lowest BCUT2D eigenvalue weighted by atomic mass is 10.2. The van der Waals surface area contributed by atoms with Gasteiger partial charge in [0.1, 0.15) is 5.69 Å². The van der Waals surface area contributed by atoms with Crippen LogP contribution in [0.15, 0.2) is 24.4 Å². The van der Waals surface area contributed by atoms with Gasteiger partial charge in [-0.15, -0.1) is 0 Å². The largest absolute Gasteiger partial charge is 0.477 e. The quantitative estimate of drug-likeness (QED) is 0.655. The molecule has 3 rings (SSSR count). The second kappa shape index (κ2) is 3.09. The first-order chi connectivity index (χ1) is 8.19. The molecule has 0 aliphatic rings. The van der Waals surface area contributed by atoms with Crippen LogP contribution in [0.2, 0.25) is 0 Å². The van der Waals surface area contributed by atoms with Gasteiger partial charge in [0.15, 0.2) is 0 Å². The highest BCUT2D eigenvalue weighted by Crippen LogP contribution is 2.18. The number of hydrogen-bond donors (Lipinski definition) is 2. The molecule has 3 aromatic rings. The third-order valence-corrected chi connectivity index (χ3v) is 2.55. The van der Waals surface area contributed by atoms with E-state index in [1.807, 2.05) is 6.07 Å². The molecule has 0 atom stereocenters. The van der Waals surface area contributed by atoms with Crippen LogP contribution in [0.4, 0.5) is 0 Å². The highest BCUT2D eigenvalue weighted by Gasteiger charge is 2.12. The fourth-order valence-electron chi connectivity index (χ4n) is 1.77. The predicted octanol–water partition coefficient (Wildman–Crippen LogP) is 1.39. The lowest BCUT2D eigenvalue weighted by Gasteiger charge is -1.91. The number of nitrogens with zero attached hydrogens (tertiary/aromatic N) is 3. The van der Waals surface area contributed by atoms with Crippen LogP contribution in [0.5, 0.6) is 0 Å². The van der Waals surface area contributed by atoms with E-state index in [2.05, 4.69) is 9.97 Å². The minimum absolute atomic E-state index is 0.0664. The molecule has 82 valence electrons. The van der Waals surface area contributed by atoms with Gasteiger partial charge in [-0.1, -0.05) is 0 Å². The molecular weight excluding hydrogens is 220 g/mol. The molecule has 17 heavy (non-hydrogen) atoms. The number of carboxylic acids is 1. The minimum atomic E-state index is -1.04. The Morgan fingerprint density at radius 3 is 3.06 bits per heavy atom. The number of carbonyl (C=O) groups is 1. The summed E-state index contributed by atoms with van der Waals surface area (Å²) in [5.41, 5.74) is 2.00. The van der Waals surface area contributed by atoms with Gasteiger partial charge < -0.3 is 10.1 Å². The first kappa shape index (κ1) is 9.42. The Labute approximate surface area is 94.7 Å². The van der Waals surface area contributed by atoms with E-state index in [1.54, 1.807) is 22.6 Å². The SMILES string of the molecule is N#Cc1ccc2nc3[nH]c(C(=O)O)cn3c2c1. The van der Waals surface area contributed by atoms with Gasteiger partial charge in [-0.3, -0.25) is 4.40 Å². The van der Waals surface area contributed by atoms with Gasteiger partial charge in [-0.2, -0.15) is 5.26 Å². The average molecular weight is 226 g/mol. The van der Waals surface area contributed by atoms with E-state index in [9.17, 15) is 4.79 Å². The van der Waals surface area contributed by atoms with Gasteiger partial charge in [-0.25, -0.2) is 9.78 Å². The molecule has 0 fully saturated rings. The maximum absolute atomic E-state index is 10.8. The second-order valence-corrected chi connectivity index (χ2v) is 3.59. The monoisotopic (exact) mass is 226 g/mol. The number of H-pyrrole nitrogens is 1. The van der Waals surface area contributed by atoms with Crippen molar-refractivity contribution < 1.29 is 9.90 Å². The molecule has 6 nitrogen and oxygen atoms in total. The molecule has 0 saturated heterocycles. The number of nitriles is 1. The van der Waals surface area contributed by atoms with E-state index in [0.717, 1.165) is 0 Å². The molecule has 0 saturated carbocycles. The summed E-state index contributed by atoms with van der Waals surface area (Å²) in [4.78, 5) is 17.7. The van der Waals surface area contributed by atoms with Crippen molar-refractivity contribution in [3.8, 4) is 6.07 Å². The summed E-state index contributed by atoms with van der Waals surface area (Å²) in [6, 6.07) is 7.12. The predicted molar refractivity (Wildman–Crippen MR) is 58.7 cm³/mol. The maximum atomic E-state index is 10.8. The highest BCUT2D eigenvalue weighted by molar-refractivity contribution is 5.88. The Bertz CT molecular complexity index is 791. The fraction of sp³-hybridized carbons (Fsp3) is 0. The van der Waals surface area contributed by atoms with Gasteiger partial charge >= 0.3 is 5.97 Å². The highest BCUT2D eigenvalue weighted by atomic mass is 16.4. The van der Waals surface area contributed by atoms with Gasteiger partial charge in [0.25, 0.3) is 0 Å². The molecule has 0 unspecified atom stereocenters. The fourth-order valence-corrected chi connectivity index (χ4v) is 1.77. The summed E-state index contributed by atoms with van der Waals surface area (Å²) < 4.78 is 1.62. The Morgan fingerprint density at radius 1 is 1.53 bits per heavy atom. The molecule has 0 bridgehead atoms. The smallest absolute Gasteiger partial charge is 0.353 e. The van der Waals surface area contributed by atoms with Crippen LogP contribution in [-0.4, -0.2) is 25.4 Å². The number of aromatic amines is 1. The summed E-state index contributed by atoms with van der Waals surface area (Å²) in [6.07, 6.45) is 1.45. The van der Waals surface area contributed by atoms with Crippen LogP contribution >= 0.6 is 0 Å². The zero-order valence-corrected chi connectivity index (χ0v) is 8.51. The van der Waals surface area contributed by atoms with E-state index in [0.29, 0.717) is 22.4 Å². The van der Waals surface area contributed by atoms with E-state index >= 15 is 0 Å².